The molecule has 0 radical (unpaired) electrons. The van der Waals surface area contributed by atoms with E-state index in [1.807, 2.05) is 0 Å². The molecule has 0 aromatic heterocycles. The van der Waals surface area contributed by atoms with Crippen LogP contribution in [-0.2, 0) is 4.74 Å². The van der Waals surface area contributed by atoms with Crippen molar-refractivity contribution in [3.63, 3.8) is 0 Å². The average Bonchev–Trinajstić information content (AvgIpc) is 1.96. The van der Waals surface area contributed by atoms with Gasteiger partial charge in [0.05, 0.1) is 5.60 Å². The van der Waals surface area contributed by atoms with Crippen LogP contribution in [-0.4, -0.2) is 18.8 Å². The number of nitrogens with two attached hydrogens (primary N) is 1. The van der Waals surface area contributed by atoms with E-state index in [0.717, 1.165) is 19.3 Å². The van der Waals surface area contributed by atoms with Crippen LogP contribution in [0.1, 0.15) is 25.7 Å². The van der Waals surface area contributed by atoms with E-state index in [-0.39, 0.29) is 11.6 Å². The lowest BCUT2D eigenvalue weighted by Crippen LogP contribution is -2.43. The third kappa shape index (κ3) is 1.82. The van der Waals surface area contributed by atoms with Gasteiger partial charge in [0.1, 0.15) is 0 Å². The Kier molecular flexibility index (Phi) is 2.68. The molecule has 0 aromatic rings. The highest BCUT2D eigenvalue weighted by molar-refractivity contribution is 4.96. The third-order valence-corrected chi connectivity index (χ3v) is 2.61. The van der Waals surface area contributed by atoms with Crippen molar-refractivity contribution in [1.29, 1.82) is 0 Å². The molecule has 2 nitrogen and oxygen atoms in total. The van der Waals surface area contributed by atoms with Crippen LogP contribution >= 0.6 is 0 Å². The van der Waals surface area contributed by atoms with Crippen molar-refractivity contribution in [2.24, 2.45) is 5.73 Å². The van der Waals surface area contributed by atoms with Gasteiger partial charge in [-0.25, -0.2) is 0 Å². The second kappa shape index (κ2) is 3.37. The zero-order chi connectivity index (χ0) is 8.32. The van der Waals surface area contributed by atoms with Crippen molar-refractivity contribution >= 4 is 0 Å². The summed E-state index contributed by atoms with van der Waals surface area (Å²) >= 11 is 0. The third-order valence-electron chi connectivity index (χ3n) is 2.61. The maximum atomic E-state index is 5.75. The highest BCUT2D eigenvalue weighted by Crippen LogP contribution is 2.38. The second-order valence-corrected chi connectivity index (χ2v) is 3.34. The van der Waals surface area contributed by atoms with E-state index in [0.29, 0.717) is 0 Å². The average molecular weight is 155 g/mol. The Bertz CT molecular complexity index is 135. The fourth-order valence-electron chi connectivity index (χ4n) is 1.58. The van der Waals surface area contributed by atoms with Crippen LogP contribution in [0.2, 0.25) is 0 Å². The first-order valence-corrected chi connectivity index (χ1v) is 4.16. The molecular weight excluding hydrogens is 138 g/mol. The van der Waals surface area contributed by atoms with E-state index in [1.54, 1.807) is 13.2 Å². The van der Waals surface area contributed by atoms with Crippen LogP contribution in [0.15, 0.2) is 12.7 Å². The molecule has 2 heteroatoms. The lowest BCUT2D eigenvalue weighted by atomic mass is 9.76. The fraction of sp³-hybridized carbons (Fsp3) is 0.778. The minimum Gasteiger partial charge on any atom is -0.378 e. The predicted molar refractivity (Wildman–Crippen MR) is 46.4 cm³/mol. The molecule has 1 unspecified atom stereocenters. The van der Waals surface area contributed by atoms with Crippen LogP contribution in [0.25, 0.3) is 0 Å². The molecule has 0 heterocycles. The summed E-state index contributed by atoms with van der Waals surface area (Å²) in [4.78, 5) is 0. The Morgan fingerprint density at radius 3 is 2.64 bits per heavy atom. The van der Waals surface area contributed by atoms with Crippen LogP contribution in [0, 0.1) is 0 Å². The fourth-order valence-corrected chi connectivity index (χ4v) is 1.58. The quantitative estimate of drug-likeness (QED) is 0.624. The predicted octanol–water partition coefficient (Wildman–Crippen LogP) is 1.46. The zero-order valence-electron chi connectivity index (χ0n) is 7.18. The molecule has 0 bridgehead atoms. The number of rotatable bonds is 4. The summed E-state index contributed by atoms with van der Waals surface area (Å²) in [5, 5.41) is 0. The summed E-state index contributed by atoms with van der Waals surface area (Å²) in [6.07, 6.45) is 6.31. The normalized spacial score (nSPS) is 23.8. The lowest BCUT2D eigenvalue weighted by Gasteiger charge is -2.41. The van der Waals surface area contributed by atoms with Crippen molar-refractivity contribution in [1.82, 2.24) is 0 Å². The van der Waals surface area contributed by atoms with Gasteiger partial charge in [-0.05, 0) is 25.7 Å². The van der Waals surface area contributed by atoms with Gasteiger partial charge in [0.15, 0.2) is 0 Å². The topological polar surface area (TPSA) is 35.2 Å². The van der Waals surface area contributed by atoms with Gasteiger partial charge in [-0.15, -0.1) is 6.58 Å². The van der Waals surface area contributed by atoms with Gasteiger partial charge >= 0.3 is 0 Å². The van der Waals surface area contributed by atoms with Crippen LogP contribution in [0.3, 0.4) is 0 Å². The number of hydrogen-bond acceptors (Lipinski definition) is 2. The van der Waals surface area contributed by atoms with Gasteiger partial charge in [-0.3, -0.25) is 0 Å². The van der Waals surface area contributed by atoms with E-state index in [4.69, 9.17) is 10.5 Å². The van der Waals surface area contributed by atoms with E-state index in [1.165, 1.54) is 6.42 Å². The first kappa shape index (κ1) is 8.75. The Hall–Kier alpha value is -0.340. The Labute approximate surface area is 68.4 Å². The van der Waals surface area contributed by atoms with E-state index < -0.39 is 0 Å². The highest BCUT2D eigenvalue weighted by atomic mass is 16.5. The van der Waals surface area contributed by atoms with Crippen LogP contribution < -0.4 is 5.73 Å². The van der Waals surface area contributed by atoms with Crippen molar-refractivity contribution in [2.45, 2.75) is 37.3 Å². The first-order valence-electron chi connectivity index (χ1n) is 4.16. The van der Waals surface area contributed by atoms with Crippen LogP contribution in [0.5, 0.6) is 0 Å². The van der Waals surface area contributed by atoms with Gasteiger partial charge in [0.2, 0.25) is 0 Å². The van der Waals surface area contributed by atoms with Crippen molar-refractivity contribution < 1.29 is 4.74 Å². The molecule has 1 saturated carbocycles. The Morgan fingerprint density at radius 2 is 2.36 bits per heavy atom. The first-order chi connectivity index (χ1) is 5.22. The summed E-state index contributed by atoms with van der Waals surface area (Å²) in [6, 6.07) is 0.0928. The summed E-state index contributed by atoms with van der Waals surface area (Å²) < 4.78 is 5.42. The zero-order valence-corrected chi connectivity index (χ0v) is 7.18. The highest BCUT2D eigenvalue weighted by Gasteiger charge is 2.37. The maximum absolute atomic E-state index is 5.75. The van der Waals surface area contributed by atoms with Gasteiger partial charge in [-0.2, -0.15) is 0 Å². The van der Waals surface area contributed by atoms with Gasteiger partial charge in [-0.1, -0.05) is 6.08 Å². The smallest absolute Gasteiger partial charge is 0.0696 e. The van der Waals surface area contributed by atoms with Gasteiger partial charge in [0, 0.05) is 13.2 Å². The SMILES string of the molecule is C=CC(N)CC1(OC)CCC1. The van der Waals surface area contributed by atoms with E-state index >= 15 is 0 Å². The van der Waals surface area contributed by atoms with Crippen molar-refractivity contribution in [3.8, 4) is 0 Å². The molecular formula is C9H17NO. The molecule has 11 heavy (non-hydrogen) atoms. The van der Waals surface area contributed by atoms with Crippen molar-refractivity contribution in [2.75, 3.05) is 7.11 Å². The molecule has 1 aliphatic rings. The Morgan fingerprint density at radius 1 is 1.73 bits per heavy atom. The molecule has 1 rings (SSSR count). The number of ether oxygens (including phenoxy) is 1. The molecule has 0 spiro atoms. The monoisotopic (exact) mass is 155 g/mol. The van der Waals surface area contributed by atoms with E-state index in [9.17, 15) is 0 Å². The van der Waals surface area contributed by atoms with Gasteiger partial charge in [0.25, 0.3) is 0 Å². The molecule has 64 valence electrons. The maximum Gasteiger partial charge on any atom is 0.0696 e. The number of hydrogen-bond donors (Lipinski definition) is 1. The molecule has 0 aromatic carbocycles. The standard InChI is InChI=1S/C9H17NO/c1-3-8(10)7-9(11-2)5-4-6-9/h3,8H,1,4-7,10H2,2H3. The largest absolute Gasteiger partial charge is 0.378 e. The molecule has 1 aliphatic carbocycles. The lowest BCUT2D eigenvalue weighted by molar-refractivity contribution is -0.0790. The molecule has 1 atom stereocenters. The van der Waals surface area contributed by atoms with Gasteiger partial charge < -0.3 is 10.5 Å². The number of methoxy groups -OCH3 is 1. The van der Waals surface area contributed by atoms with E-state index in [2.05, 4.69) is 6.58 Å². The minimum absolute atomic E-state index is 0.0909. The van der Waals surface area contributed by atoms with Crippen molar-refractivity contribution in [3.05, 3.63) is 12.7 Å². The second-order valence-electron chi connectivity index (χ2n) is 3.34. The summed E-state index contributed by atoms with van der Waals surface area (Å²) in [5.74, 6) is 0. The summed E-state index contributed by atoms with van der Waals surface area (Å²) in [7, 11) is 1.77. The molecule has 0 aliphatic heterocycles. The van der Waals surface area contributed by atoms with Crippen LogP contribution in [0.4, 0.5) is 0 Å². The Balaban J connectivity index is 2.37. The molecule has 2 N–H and O–H groups in total. The molecule has 0 amide bonds. The summed E-state index contributed by atoms with van der Waals surface area (Å²) in [6.45, 7) is 3.66. The molecule has 0 saturated heterocycles. The molecule has 1 fully saturated rings. The minimum atomic E-state index is 0.0909. The summed E-state index contributed by atoms with van der Waals surface area (Å²) in [5.41, 5.74) is 5.84.